The van der Waals surface area contributed by atoms with E-state index in [1.807, 2.05) is 53.0 Å². The number of carbonyl (C=O) groups is 1. The van der Waals surface area contributed by atoms with Gasteiger partial charge in [-0.1, -0.05) is 44.5 Å². The molecule has 1 aromatic carbocycles. The summed E-state index contributed by atoms with van der Waals surface area (Å²) in [6.45, 7) is 6.14. The smallest absolute Gasteiger partial charge is 0.328 e. The van der Waals surface area contributed by atoms with Gasteiger partial charge in [-0.2, -0.15) is 15.1 Å². The lowest BCUT2D eigenvalue weighted by Crippen LogP contribution is -2.45. The average molecular weight is 533 g/mol. The number of imidazole rings is 1. The Kier molecular flexibility index (Phi) is 7.94. The first-order valence-corrected chi connectivity index (χ1v) is 13.8. The molecule has 1 saturated carbocycles. The van der Waals surface area contributed by atoms with E-state index in [1.54, 1.807) is 0 Å². The number of rotatable bonds is 12. The van der Waals surface area contributed by atoms with E-state index in [9.17, 15) is 9.59 Å². The first-order chi connectivity index (χ1) is 19.0. The van der Waals surface area contributed by atoms with Crippen LogP contribution in [0, 0.1) is 0 Å². The summed E-state index contributed by atoms with van der Waals surface area (Å²) in [7, 11) is 0. The Hall–Kier alpha value is -4.15. The number of nitrogen functional groups attached to an aromatic ring is 1. The van der Waals surface area contributed by atoms with E-state index in [2.05, 4.69) is 21.9 Å². The van der Waals surface area contributed by atoms with Crippen LogP contribution >= 0.6 is 0 Å². The van der Waals surface area contributed by atoms with Crippen molar-refractivity contribution in [2.45, 2.75) is 71.5 Å². The van der Waals surface area contributed by atoms with Gasteiger partial charge in [0.2, 0.25) is 5.91 Å². The lowest BCUT2D eigenvalue weighted by Gasteiger charge is -2.37. The molecular weight excluding hydrogens is 496 g/mol. The second-order valence-electron chi connectivity index (χ2n) is 9.99. The number of aromatic amines is 1. The Balaban J connectivity index is 1.27. The summed E-state index contributed by atoms with van der Waals surface area (Å²) in [5.74, 6) is 0.398. The van der Waals surface area contributed by atoms with E-state index >= 15 is 0 Å². The molecular formula is C28H36N8O3. The molecule has 0 unspecified atom stereocenters. The molecule has 4 aromatic rings. The van der Waals surface area contributed by atoms with Crippen molar-refractivity contribution in [3.8, 4) is 17.3 Å². The summed E-state index contributed by atoms with van der Waals surface area (Å²) in [6.07, 6.45) is 7.75. The van der Waals surface area contributed by atoms with E-state index in [-0.39, 0.29) is 23.4 Å². The second kappa shape index (κ2) is 11.7. The number of nitrogens with zero attached hydrogens (tertiary/aromatic N) is 6. The Morgan fingerprint density at radius 2 is 1.97 bits per heavy atom. The third-order valence-corrected chi connectivity index (χ3v) is 7.30. The Morgan fingerprint density at radius 3 is 2.67 bits per heavy atom. The van der Waals surface area contributed by atoms with Crippen LogP contribution in [0.1, 0.15) is 57.9 Å². The Morgan fingerprint density at radius 1 is 1.18 bits per heavy atom. The first-order valence-electron chi connectivity index (χ1n) is 13.8. The van der Waals surface area contributed by atoms with Crippen LogP contribution in [-0.2, 0) is 17.9 Å². The molecule has 0 bridgehead atoms. The van der Waals surface area contributed by atoms with E-state index in [1.165, 1.54) is 11.0 Å². The summed E-state index contributed by atoms with van der Waals surface area (Å²) in [5, 5.41) is 4.72. The number of fused-ring (bicyclic) bond motifs is 1. The molecule has 3 N–H and O–H groups in total. The number of ether oxygens (including phenoxy) is 1. The highest BCUT2D eigenvalue weighted by atomic mass is 16.5. The van der Waals surface area contributed by atoms with Crippen molar-refractivity contribution >= 4 is 22.9 Å². The average Bonchev–Trinajstić information content (AvgIpc) is 3.50. The number of aromatic nitrogens is 6. The Bertz CT molecular complexity index is 1480. The van der Waals surface area contributed by atoms with Gasteiger partial charge in [-0.05, 0) is 37.3 Å². The third-order valence-electron chi connectivity index (χ3n) is 7.30. The number of unbranched alkanes of at least 4 members (excludes halogenated alkanes) is 1. The number of H-pyrrole nitrogens is 1. The van der Waals surface area contributed by atoms with Gasteiger partial charge in [0, 0.05) is 30.8 Å². The maximum atomic E-state index is 12.7. The van der Waals surface area contributed by atoms with Crippen molar-refractivity contribution in [1.29, 1.82) is 0 Å². The molecule has 0 spiro atoms. The summed E-state index contributed by atoms with van der Waals surface area (Å²) < 4.78 is 9.06. The van der Waals surface area contributed by atoms with Crippen LogP contribution in [0.2, 0.25) is 0 Å². The summed E-state index contributed by atoms with van der Waals surface area (Å²) >= 11 is 0. The van der Waals surface area contributed by atoms with Crippen molar-refractivity contribution < 1.29 is 9.53 Å². The van der Waals surface area contributed by atoms with Crippen LogP contribution in [-0.4, -0.2) is 59.3 Å². The lowest BCUT2D eigenvalue weighted by molar-refractivity contribution is -0.135. The van der Waals surface area contributed by atoms with E-state index < -0.39 is 0 Å². The molecule has 1 aliphatic rings. The molecule has 39 heavy (non-hydrogen) atoms. The van der Waals surface area contributed by atoms with Gasteiger partial charge in [-0.3, -0.25) is 14.0 Å². The minimum absolute atomic E-state index is 0.169. The zero-order chi connectivity index (χ0) is 27.4. The molecule has 5 rings (SSSR count). The standard InChI is InChI=1S/C28H36N8O3/c1-3-5-17-39-27-31-25(29)24-26(32-27)36(28(38)30-24)18-19-9-11-20(12-10-19)22-13-14-34(33-22)15-16-35(23(37)4-2)21-7-6-8-21/h9-14,21H,3-8,15-18H2,1-2H3,(H,30,38)(H2,29,31,32). The highest BCUT2D eigenvalue weighted by Crippen LogP contribution is 2.26. The van der Waals surface area contributed by atoms with Crippen LogP contribution in [0.3, 0.4) is 0 Å². The molecule has 1 fully saturated rings. The number of hydrogen-bond donors (Lipinski definition) is 2. The number of carbonyl (C=O) groups excluding carboxylic acids is 1. The van der Waals surface area contributed by atoms with Gasteiger partial charge in [0.1, 0.15) is 5.52 Å². The number of amides is 1. The van der Waals surface area contributed by atoms with Crippen molar-refractivity contribution in [2.75, 3.05) is 18.9 Å². The third kappa shape index (κ3) is 5.81. The van der Waals surface area contributed by atoms with Crippen molar-refractivity contribution in [1.82, 2.24) is 34.2 Å². The van der Waals surface area contributed by atoms with Crippen molar-refractivity contribution in [3.63, 3.8) is 0 Å². The molecule has 3 heterocycles. The molecule has 0 aliphatic heterocycles. The van der Waals surface area contributed by atoms with E-state index in [0.29, 0.717) is 49.9 Å². The van der Waals surface area contributed by atoms with Gasteiger partial charge >= 0.3 is 11.7 Å². The highest BCUT2D eigenvalue weighted by Gasteiger charge is 2.27. The molecule has 11 heteroatoms. The predicted octanol–water partition coefficient (Wildman–Crippen LogP) is 3.58. The van der Waals surface area contributed by atoms with E-state index in [0.717, 1.165) is 42.5 Å². The quantitative estimate of drug-likeness (QED) is 0.266. The maximum absolute atomic E-state index is 12.7. The molecule has 11 nitrogen and oxygen atoms in total. The van der Waals surface area contributed by atoms with Crippen molar-refractivity contribution in [2.24, 2.45) is 0 Å². The lowest BCUT2D eigenvalue weighted by atomic mass is 9.91. The first kappa shape index (κ1) is 26.5. The minimum Gasteiger partial charge on any atom is -0.463 e. The van der Waals surface area contributed by atoms with Gasteiger partial charge in [-0.15, -0.1) is 0 Å². The molecule has 0 atom stereocenters. The number of nitrogens with one attached hydrogen (secondary N) is 1. The topological polar surface area (TPSA) is 137 Å². The SMILES string of the molecule is CCCCOc1nc(N)c2[nH]c(=O)n(Cc3ccc(-c4ccn(CCN(C(=O)CC)C5CCC5)n4)cc3)c2n1. The van der Waals surface area contributed by atoms with Gasteiger partial charge in [0.05, 0.1) is 25.4 Å². The monoisotopic (exact) mass is 532 g/mol. The molecule has 1 amide bonds. The molecule has 1 aliphatic carbocycles. The van der Waals surface area contributed by atoms with Crippen LogP contribution < -0.4 is 16.2 Å². The van der Waals surface area contributed by atoms with Gasteiger partial charge in [0.15, 0.2) is 11.5 Å². The highest BCUT2D eigenvalue weighted by molar-refractivity contribution is 5.82. The maximum Gasteiger partial charge on any atom is 0.328 e. The van der Waals surface area contributed by atoms with Crippen LogP contribution in [0.15, 0.2) is 41.3 Å². The summed E-state index contributed by atoms with van der Waals surface area (Å²) in [4.78, 5) is 38.5. The molecule has 3 aromatic heterocycles. The van der Waals surface area contributed by atoms with Crippen LogP contribution in [0.5, 0.6) is 6.01 Å². The van der Waals surface area contributed by atoms with Crippen molar-refractivity contribution in [3.05, 3.63) is 52.6 Å². The zero-order valence-electron chi connectivity index (χ0n) is 22.6. The van der Waals surface area contributed by atoms with Gasteiger partial charge in [0.25, 0.3) is 0 Å². The number of nitrogens with two attached hydrogens (primary N) is 1. The molecule has 206 valence electrons. The number of anilines is 1. The van der Waals surface area contributed by atoms with Crippen LogP contribution in [0.25, 0.3) is 22.4 Å². The summed E-state index contributed by atoms with van der Waals surface area (Å²) in [5.41, 5.74) is 9.34. The van der Waals surface area contributed by atoms with E-state index in [4.69, 9.17) is 15.6 Å². The fourth-order valence-corrected chi connectivity index (χ4v) is 4.78. The Labute approximate surface area is 227 Å². The fraction of sp³-hybridized carbons (Fsp3) is 0.464. The van der Waals surface area contributed by atoms with Crippen LogP contribution in [0.4, 0.5) is 5.82 Å². The fourth-order valence-electron chi connectivity index (χ4n) is 4.78. The molecule has 0 saturated heterocycles. The van der Waals surface area contributed by atoms with Gasteiger partial charge in [-0.25, -0.2) is 4.79 Å². The zero-order valence-corrected chi connectivity index (χ0v) is 22.6. The normalized spacial score (nSPS) is 13.5. The number of hydrogen-bond acceptors (Lipinski definition) is 7. The number of benzene rings is 1. The van der Waals surface area contributed by atoms with Gasteiger partial charge < -0.3 is 20.4 Å². The largest absolute Gasteiger partial charge is 0.463 e. The second-order valence-corrected chi connectivity index (χ2v) is 9.99. The molecule has 0 radical (unpaired) electrons. The predicted molar refractivity (Wildman–Crippen MR) is 149 cm³/mol. The minimum atomic E-state index is -0.308. The summed E-state index contributed by atoms with van der Waals surface area (Å²) in [6, 6.07) is 10.5.